The number of likely N-dealkylation sites (N-methyl/N-ethyl adjacent to an activating group) is 1. The van der Waals surface area contributed by atoms with Crippen molar-refractivity contribution < 1.29 is 4.74 Å². The van der Waals surface area contributed by atoms with Gasteiger partial charge in [0.2, 0.25) is 0 Å². The predicted octanol–water partition coefficient (Wildman–Crippen LogP) is 3.36. The van der Waals surface area contributed by atoms with Crippen LogP contribution in [0.3, 0.4) is 0 Å². The largest absolute Gasteiger partial charge is 0.377 e. The lowest BCUT2D eigenvalue weighted by Crippen LogP contribution is -2.54. The highest BCUT2D eigenvalue weighted by molar-refractivity contribution is 9.10. The Kier molecular flexibility index (Phi) is 5.86. The van der Waals surface area contributed by atoms with E-state index in [-0.39, 0.29) is 5.60 Å². The average molecular weight is 358 g/mol. The first kappa shape index (κ1) is 17.0. The van der Waals surface area contributed by atoms with Crippen molar-refractivity contribution in [1.82, 2.24) is 15.1 Å². The molecular formula is C16H28BrN3O. The lowest BCUT2D eigenvalue weighted by atomic mass is 9.77. The summed E-state index contributed by atoms with van der Waals surface area (Å²) in [5, 5.41) is 8.19. The van der Waals surface area contributed by atoms with Gasteiger partial charge in [-0.1, -0.05) is 26.2 Å². The van der Waals surface area contributed by atoms with Gasteiger partial charge in [-0.25, -0.2) is 0 Å². The van der Waals surface area contributed by atoms with Crippen LogP contribution in [0.1, 0.15) is 50.4 Å². The third-order valence-corrected chi connectivity index (χ3v) is 5.88. The summed E-state index contributed by atoms with van der Waals surface area (Å²) in [7, 11) is 3.90. The molecular weight excluding hydrogens is 330 g/mol. The van der Waals surface area contributed by atoms with Crippen molar-refractivity contribution >= 4 is 15.9 Å². The fourth-order valence-corrected chi connectivity index (χ4v) is 4.13. The Balaban J connectivity index is 2.25. The first-order chi connectivity index (χ1) is 10.0. The maximum atomic E-state index is 6.04. The lowest BCUT2D eigenvalue weighted by molar-refractivity contribution is -0.0673. The van der Waals surface area contributed by atoms with Gasteiger partial charge in [0.05, 0.1) is 21.5 Å². The Morgan fingerprint density at radius 2 is 2.05 bits per heavy atom. The minimum absolute atomic E-state index is 0.0358. The molecule has 2 rings (SSSR count). The third kappa shape index (κ3) is 3.51. The van der Waals surface area contributed by atoms with Gasteiger partial charge >= 0.3 is 0 Å². The van der Waals surface area contributed by atoms with Crippen LogP contribution in [0.4, 0.5) is 0 Å². The molecule has 0 aliphatic heterocycles. The van der Waals surface area contributed by atoms with E-state index in [2.05, 4.69) is 33.3 Å². The molecule has 0 radical (unpaired) electrons. The molecule has 5 heteroatoms. The highest BCUT2D eigenvalue weighted by Crippen LogP contribution is 2.36. The average Bonchev–Trinajstić information content (AvgIpc) is 2.73. The molecule has 0 spiro atoms. The molecule has 1 heterocycles. The molecule has 1 aliphatic rings. The van der Waals surface area contributed by atoms with E-state index < -0.39 is 0 Å². The van der Waals surface area contributed by atoms with E-state index in [0.29, 0.717) is 6.04 Å². The van der Waals surface area contributed by atoms with Crippen LogP contribution in [-0.2, 0) is 18.2 Å². The van der Waals surface area contributed by atoms with Gasteiger partial charge in [-0.15, -0.1) is 0 Å². The SMILES string of the molecule is CCNC(Cc1c(Br)c(C)nn1C)C1(OC)CCCCC1. The standard InChI is InChI=1S/C16H28BrN3O/c1-5-18-14(16(21-4)9-7-6-8-10-16)11-13-15(17)12(2)19-20(13)3/h14,18H,5-11H2,1-4H3. The van der Waals surface area contributed by atoms with Crippen molar-refractivity contribution in [1.29, 1.82) is 0 Å². The first-order valence-corrected chi connectivity index (χ1v) is 8.80. The van der Waals surface area contributed by atoms with E-state index in [0.717, 1.165) is 36.0 Å². The second kappa shape index (κ2) is 7.25. The molecule has 1 aromatic heterocycles. The van der Waals surface area contributed by atoms with Crippen LogP contribution >= 0.6 is 15.9 Å². The van der Waals surface area contributed by atoms with Crippen LogP contribution in [0, 0.1) is 6.92 Å². The van der Waals surface area contributed by atoms with Gasteiger partial charge in [-0.05, 0) is 42.2 Å². The monoisotopic (exact) mass is 357 g/mol. The fraction of sp³-hybridized carbons (Fsp3) is 0.812. The maximum absolute atomic E-state index is 6.04. The van der Waals surface area contributed by atoms with Gasteiger partial charge in [0.15, 0.2) is 0 Å². The number of halogens is 1. The Morgan fingerprint density at radius 1 is 1.38 bits per heavy atom. The fourth-order valence-electron chi connectivity index (χ4n) is 3.63. The van der Waals surface area contributed by atoms with Crippen molar-refractivity contribution in [2.45, 2.75) is 64.0 Å². The van der Waals surface area contributed by atoms with Crippen LogP contribution in [-0.4, -0.2) is 35.1 Å². The van der Waals surface area contributed by atoms with Crippen LogP contribution in [0.25, 0.3) is 0 Å². The Hall–Kier alpha value is -0.390. The normalized spacial score (nSPS) is 19.7. The van der Waals surface area contributed by atoms with Gasteiger partial charge in [0.1, 0.15) is 0 Å². The zero-order valence-corrected chi connectivity index (χ0v) is 15.3. The van der Waals surface area contributed by atoms with Crippen molar-refractivity contribution in [2.75, 3.05) is 13.7 Å². The van der Waals surface area contributed by atoms with E-state index in [1.54, 1.807) is 0 Å². The number of rotatable bonds is 6. The maximum Gasteiger partial charge on any atom is 0.0834 e. The molecule has 1 atom stereocenters. The smallest absolute Gasteiger partial charge is 0.0834 e. The molecule has 120 valence electrons. The van der Waals surface area contributed by atoms with Crippen molar-refractivity contribution in [2.24, 2.45) is 7.05 Å². The van der Waals surface area contributed by atoms with Crippen molar-refractivity contribution in [3.63, 3.8) is 0 Å². The van der Waals surface area contributed by atoms with Gasteiger partial charge in [-0.3, -0.25) is 4.68 Å². The zero-order valence-electron chi connectivity index (χ0n) is 13.7. The van der Waals surface area contributed by atoms with Crippen LogP contribution in [0.5, 0.6) is 0 Å². The summed E-state index contributed by atoms with van der Waals surface area (Å²) in [6.45, 7) is 5.18. The molecule has 1 aromatic rings. The van der Waals surface area contributed by atoms with Gasteiger partial charge < -0.3 is 10.1 Å². The number of hydrogen-bond donors (Lipinski definition) is 1. The summed E-state index contributed by atoms with van der Waals surface area (Å²) in [6.07, 6.45) is 7.10. The molecule has 21 heavy (non-hydrogen) atoms. The molecule has 1 saturated carbocycles. The number of methoxy groups -OCH3 is 1. The van der Waals surface area contributed by atoms with Crippen LogP contribution in [0.2, 0.25) is 0 Å². The van der Waals surface area contributed by atoms with Crippen LogP contribution < -0.4 is 5.32 Å². The molecule has 1 N–H and O–H groups in total. The molecule has 0 amide bonds. The Morgan fingerprint density at radius 3 is 2.52 bits per heavy atom. The van der Waals surface area contributed by atoms with E-state index in [9.17, 15) is 0 Å². The lowest BCUT2D eigenvalue weighted by Gasteiger charge is -2.43. The summed E-state index contributed by atoms with van der Waals surface area (Å²) < 4.78 is 9.17. The summed E-state index contributed by atoms with van der Waals surface area (Å²) >= 11 is 3.69. The van der Waals surface area contributed by atoms with Gasteiger partial charge in [0.25, 0.3) is 0 Å². The molecule has 1 unspecified atom stereocenters. The molecule has 0 bridgehead atoms. The number of aryl methyl sites for hydroxylation is 2. The highest BCUT2D eigenvalue weighted by atomic mass is 79.9. The van der Waals surface area contributed by atoms with Gasteiger partial charge in [0, 0.05) is 26.6 Å². The quantitative estimate of drug-likeness (QED) is 0.848. The number of hydrogen-bond acceptors (Lipinski definition) is 3. The van der Waals surface area contributed by atoms with E-state index in [1.807, 2.05) is 25.8 Å². The van der Waals surface area contributed by atoms with E-state index in [1.165, 1.54) is 25.0 Å². The van der Waals surface area contributed by atoms with Crippen molar-refractivity contribution in [3.05, 3.63) is 15.9 Å². The number of ether oxygens (including phenoxy) is 1. The molecule has 1 fully saturated rings. The number of aromatic nitrogens is 2. The Labute approximate surface area is 136 Å². The summed E-state index contributed by atoms with van der Waals surface area (Å²) in [5.41, 5.74) is 2.27. The molecule has 1 aliphatic carbocycles. The Bertz CT molecular complexity index is 466. The molecule has 4 nitrogen and oxygen atoms in total. The minimum Gasteiger partial charge on any atom is -0.377 e. The van der Waals surface area contributed by atoms with E-state index >= 15 is 0 Å². The first-order valence-electron chi connectivity index (χ1n) is 8.00. The summed E-state index contributed by atoms with van der Waals surface area (Å²) in [4.78, 5) is 0. The third-order valence-electron chi connectivity index (χ3n) is 4.85. The van der Waals surface area contributed by atoms with Crippen LogP contribution in [0.15, 0.2) is 4.47 Å². The zero-order chi connectivity index (χ0) is 15.5. The van der Waals surface area contributed by atoms with E-state index in [4.69, 9.17) is 4.74 Å². The molecule has 0 aromatic carbocycles. The summed E-state index contributed by atoms with van der Waals surface area (Å²) in [5.74, 6) is 0. The minimum atomic E-state index is -0.0358. The second-order valence-corrected chi connectivity index (χ2v) is 6.91. The predicted molar refractivity (Wildman–Crippen MR) is 89.6 cm³/mol. The van der Waals surface area contributed by atoms with Crippen molar-refractivity contribution in [3.8, 4) is 0 Å². The van der Waals surface area contributed by atoms with Gasteiger partial charge in [-0.2, -0.15) is 5.10 Å². The topological polar surface area (TPSA) is 39.1 Å². The second-order valence-electron chi connectivity index (χ2n) is 6.11. The molecule has 0 saturated heterocycles. The number of nitrogens with one attached hydrogen (secondary N) is 1. The highest BCUT2D eigenvalue weighted by Gasteiger charge is 2.40. The number of nitrogens with zero attached hydrogens (tertiary/aromatic N) is 2. The summed E-state index contributed by atoms with van der Waals surface area (Å²) in [6, 6.07) is 0.332.